The normalized spacial score (nSPS) is 12.4. The summed E-state index contributed by atoms with van der Waals surface area (Å²) in [7, 11) is 0. The topological polar surface area (TPSA) is 12.0 Å². The predicted molar refractivity (Wildman–Crippen MR) is 85.4 cm³/mol. The third-order valence-corrected chi connectivity index (χ3v) is 3.90. The molecule has 0 saturated heterocycles. The van der Waals surface area contributed by atoms with Gasteiger partial charge in [0.1, 0.15) is 0 Å². The quantitative estimate of drug-likeness (QED) is 0.846. The number of aryl methyl sites for hydroxylation is 1. The Labute approximate surface area is 124 Å². The van der Waals surface area contributed by atoms with Crippen LogP contribution in [0.15, 0.2) is 53.0 Å². The summed E-state index contributed by atoms with van der Waals surface area (Å²) in [5.41, 5.74) is 4.11. The number of rotatable bonds is 5. The van der Waals surface area contributed by atoms with Gasteiger partial charge in [-0.05, 0) is 48.7 Å². The van der Waals surface area contributed by atoms with Gasteiger partial charge in [0.05, 0.1) is 0 Å². The molecule has 0 aliphatic carbocycles. The average Bonchev–Trinajstić information content (AvgIpc) is 2.41. The van der Waals surface area contributed by atoms with E-state index in [0.29, 0.717) is 6.04 Å². The largest absolute Gasteiger partial charge is 0.310 e. The molecule has 1 unspecified atom stereocenters. The minimum Gasteiger partial charge on any atom is -0.310 e. The summed E-state index contributed by atoms with van der Waals surface area (Å²) in [6.45, 7) is 5.32. The number of benzene rings is 2. The first-order chi connectivity index (χ1) is 9.20. The zero-order valence-corrected chi connectivity index (χ0v) is 13.1. The molecule has 1 nitrogen and oxygen atoms in total. The van der Waals surface area contributed by atoms with Crippen molar-refractivity contribution >= 4 is 15.9 Å². The Bertz CT molecular complexity index is 519. The van der Waals surface area contributed by atoms with Crippen LogP contribution in [0, 0.1) is 6.92 Å². The molecule has 2 aromatic carbocycles. The first-order valence-electron chi connectivity index (χ1n) is 6.74. The van der Waals surface area contributed by atoms with Gasteiger partial charge in [-0.1, -0.05) is 59.3 Å². The van der Waals surface area contributed by atoms with E-state index in [4.69, 9.17) is 0 Å². The third kappa shape index (κ3) is 3.92. The zero-order valence-electron chi connectivity index (χ0n) is 11.5. The lowest BCUT2D eigenvalue weighted by molar-refractivity contribution is 0.547. The highest BCUT2D eigenvalue weighted by molar-refractivity contribution is 9.10. The minimum absolute atomic E-state index is 0.382. The lowest BCUT2D eigenvalue weighted by Crippen LogP contribution is -2.23. The van der Waals surface area contributed by atoms with Crippen molar-refractivity contribution < 1.29 is 0 Å². The van der Waals surface area contributed by atoms with Gasteiger partial charge in [-0.15, -0.1) is 0 Å². The van der Waals surface area contributed by atoms with Crippen molar-refractivity contribution in [2.45, 2.75) is 26.3 Å². The number of hydrogen-bond acceptors (Lipinski definition) is 1. The number of hydrogen-bond donors (Lipinski definition) is 1. The van der Waals surface area contributed by atoms with Gasteiger partial charge in [-0.2, -0.15) is 0 Å². The molecule has 2 aromatic rings. The molecule has 0 heterocycles. The van der Waals surface area contributed by atoms with Crippen LogP contribution in [0.3, 0.4) is 0 Å². The third-order valence-electron chi connectivity index (χ3n) is 3.37. The molecule has 1 N–H and O–H groups in total. The maximum atomic E-state index is 3.59. The Morgan fingerprint density at radius 3 is 2.37 bits per heavy atom. The van der Waals surface area contributed by atoms with Gasteiger partial charge in [0, 0.05) is 10.5 Å². The summed E-state index contributed by atoms with van der Waals surface area (Å²) in [5.74, 6) is 0. The Morgan fingerprint density at radius 1 is 1.05 bits per heavy atom. The van der Waals surface area contributed by atoms with Crippen molar-refractivity contribution in [2.75, 3.05) is 6.54 Å². The Morgan fingerprint density at radius 2 is 1.74 bits per heavy atom. The number of halogens is 1. The molecule has 1 atom stereocenters. The molecule has 0 fully saturated rings. The first-order valence-corrected chi connectivity index (χ1v) is 7.53. The Kier molecular flexibility index (Phi) is 5.17. The van der Waals surface area contributed by atoms with Gasteiger partial charge in [0.15, 0.2) is 0 Å². The van der Waals surface area contributed by atoms with Crippen molar-refractivity contribution in [1.82, 2.24) is 5.32 Å². The van der Waals surface area contributed by atoms with Gasteiger partial charge in [0.25, 0.3) is 0 Å². The highest BCUT2D eigenvalue weighted by Crippen LogP contribution is 2.22. The molecule has 0 aliphatic heterocycles. The van der Waals surface area contributed by atoms with E-state index in [1.807, 2.05) is 0 Å². The van der Waals surface area contributed by atoms with Crippen molar-refractivity contribution in [1.29, 1.82) is 0 Å². The van der Waals surface area contributed by atoms with Gasteiger partial charge < -0.3 is 5.32 Å². The lowest BCUT2D eigenvalue weighted by Gasteiger charge is -2.20. The standard InChI is InChI=1S/C17H20BrN/c1-3-19-17(16-7-5-4-6-13(16)2)12-14-8-10-15(18)11-9-14/h4-11,17,19H,3,12H2,1-2H3. The van der Waals surface area contributed by atoms with Gasteiger partial charge >= 0.3 is 0 Å². The second-order valence-corrected chi connectivity index (χ2v) is 5.71. The highest BCUT2D eigenvalue weighted by Gasteiger charge is 2.12. The van der Waals surface area contributed by atoms with Crippen LogP contribution in [0.1, 0.15) is 29.7 Å². The van der Waals surface area contributed by atoms with Crippen LogP contribution in [-0.4, -0.2) is 6.54 Å². The van der Waals surface area contributed by atoms with Crippen LogP contribution >= 0.6 is 15.9 Å². The fourth-order valence-electron chi connectivity index (χ4n) is 2.37. The van der Waals surface area contributed by atoms with Crippen LogP contribution in [0.2, 0.25) is 0 Å². The molecular weight excluding hydrogens is 298 g/mol. The Hall–Kier alpha value is -1.12. The maximum Gasteiger partial charge on any atom is 0.0363 e. The van der Waals surface area contributed by atoms with Crippen molar-refractivity contribution in [3.05, 3.63) is 69.7 Å². The fraction of sp³-hybridized carbons (Fsp3) is 0.294. The first kappa shape index (κ1) is 14.3. The molecule has 19 heavy (non-hydrogen) atoms. The van der Waals surface area contributed by atoms with E-state index in [2.05, 4.69) is 83.6 Å². The summed E-state index contributed by atoms with van der Waals surface area (Å²) in [6.07, 6.45) is 1.02. The second kappa shape index (κ2) is 6.88. The molecule has 2 rings (SSSR count). The highest BCUT2D eigenvalue weighted by atomic mass is 79.9. The zero-order chi connectivity index (χ0) is 13.7. The van der Waals surface area contributed by atoms with E-state index in [0.717, 1.165) is 17.4 Å². The van der Waals surface area contributed by atoms with E-state index in [-0.39, 0.29) is 0 Å². The van der Waals surface area contributed by atoms with Crippen molar-refractivity contribution in [3.8, 4) is 0 Å². The summed E-state index contributed by atoms with van der Waals surface area (Å²) in [5, 5.41) is 3.59. The predicted octanol–water partition coefficient (Wildman–Crippen LogP) is 4.65. The molecule has 100 valence electrons. The van der Waals surface area contributed by atoms with E-state index in [9.17, 15) is 0 Å². The van der Waals surface area contributed by atoms with Crippen LogP contribution in [0.4, 0.5) is 0 Å². The van der Waals surface area contributed by atoms with Crippen LogP contribution in [-0.2, 0) is 6.42 Å². The average molecular weight is 318 g/mol. The molecule has 0 aliphatic rings. The molecule has 0 bridgehead atoms. The van der Waals surface area contributed by atoms with E-state index in [1.54, 1.807) is 0 Å². The molecule has 0 aromatic heterocycles. The Balaban J connectivity index is 2.21. The summed E-state index contributed by atoms with van der Waals surface area (Å²) >= 11 is 3.48. The SMILES string of the molecule is CCNC(Cc1ccc(Br)cc1)c1ccccc1C. The van der Waals surface area contributed by atoms with Crippen LogP contribution in [0.25, 0.3) is 0 Å². The number of nitrogens with one attached hydrogen (secondary N) is 1. The molecule has 0 amide bonds. The second-order valence-electron chi connectivity index (χ2n) is 4.80. The smallest absolute Gasteiger partial charge is 0.0363 e. The molecule has 2 heteroatoms. The maximum absolute atomic E-state index is 3.59. The molecular formula is C17H20BrN. The van der Waals surface area contributed by atoms with Gasteiger partial charge in [0.2, 0.25) is 0 Å². The van der Waals surface area contributed by atoms with E-state index >= 15 is 0 Å². The molecule has 0 spiro atoms. The summed E-state index contributed by atoms with van der Waals surface area (Å²) < 4.78 is 1.13. The fourth-order valence-corrected chi connectivity index (χ4v) is 2.64. The van der Waals surface area contributed by atoms with Crippen LogP contribution in [0.5, 0.6) is 0 Å². The van der Waals surface area contributed by atoms with Crippen LogP contribution < -0.4 is 5.32 Å². The van der Waals surface area contributed by atoms with E-state index < -0.39 is 0 Å². The van der Waals surface area contributed by atoms with Crippen molar-refractivity contribution in [2.24, 2.45) is 0 Å². The number of likely N-dealkylation sites (N-methyl/N-ethyl adjacent to an activating group) is 1. The van der Waals surface area contributed by atoms with Crippen molar-refractivity contribution in [3.63, 3.8) is 0 Å². The lowest BCUT2D eigenvalue weighted by atomic mass is 9.95. The van der Waals surface area contributed by atoms with E-state index in [1.165, 1.54) is 16.7 Å². The molecule has 0 radical (unpaired) electrons. The summed E-state index contributed by atoms with van der Waals surface area (Å²) in [6, 6.07) is 17.6. The van der Waals surface area contributed by atoms with Gasteiger partial charge in [-0.3, -0.25) is 0 Å². The monoisotopic (exact) mass is 317 g/mol. The summed E-state index contributed by atoms with van der Waals surface area (Å²) in [4.78, 5) is 0. The molecule has 0 saturated carbocycles. The van der Waals surface area contributed by atoms with Gasteiger partial charge in [-0.25, -0.2) is 0 Å². The minimum atomic E-state index is 0.382.